The van der Waals surface area contributed by atoms with Crippen LogP contribution in [0.2, 0.25) is 5.02 Å². The molecule has 0 spiro atoms. The largest absolute Gasteiger partial charge is 0.337 e. The Morgan fingerprint density at radius 3 is 1.93 bits per heavy atom. The first-order valence-corrected chi connectivity index (χ1v) is 11.2. The third-order valence-electron chi connectivity index (χ3n) is 4.73. The first kappa shape index (κ1) is 22.0. The minimum atomic E-state index is -3.79. The lowest BCUT2D eigenvalue weighted by atomic mass is 10.1. The van der Waals surface area contributed by atoms with Crippen molar-refractivity contribution in [2.45, 2.75) is 18.0 Å². The molecular formula is C23H23ClN2O3S. The lowest BCUT2D eigenvalue weighted by molar-refractivity contribution is 0.0785. The van der Waals surface area contributed by atoms with Gasteiger partial charge < -0.3 is 4.90 Å². The van der Waals surface area contributed by atoms with Gasteiger partial charge in [-0.2, -0.15) is 4.31 Å². The van der Waals surface area contributed by atoms with Crippen molar-refractivity contribution in [1.29, 1.82) is 0 Å². The van der Waals surface area contributed by atoms with Gasteiger partial charge in [-0.15, -0.1) is 0 Å². The third-order valence-corrected chi connectivity index (χ3v) is 6.86. The van der Waals surface area contributed by atoms with Gasteiger partial charge in [-0.05, 0) is 29.3 Å². The molecule has 0 unspecified atom stereocenters. The monoisotopic (exact) mass is 442 g/mol. The fourth-order valence-electron chi connectivity index (χ4n) is 3.07. The number of hydrogen-bond donors (Lipinski definition) is 0. The summed E-state index contributed by atoms with van der Waals surface area (Å²) in [5.74, 6) is -0.341. The Kier molecular flexibility index (Phi) is 6.92. The fraction of sp³-hybridized carbons (Fsp3) is 0.174. The number of carbonyl (C=O) groups is 1. The van der Waals surface area contributed by atoms with Gasteiger partial charge >= 0.3 is 0 Å². The number of amides is 1. The summed E-state index contributed by atoms with van der Waals surface area (Å²) in [4.78, 5) is 14.5. The number of halogens is 1. The molecule has 30 heavy (non-hydrogen) atoms. The van der Waals surface area contributed by atoms with Crippen LogP contribution in [0.4, 0.5) is 0 Å². The SMILES string of the molecule is CN(Cc1ccccc1)C(=O)c1cc(S(=O)(=O)N(C)Cc2ccccc2)ccc1Cl. The first-order valence-electron chi connectivity index (χ1n) is 9.38. The molecule has 0 aliphatic rings. The molecule has 5 nitrogen and oxygen atoms in total. The van der Waals surface area contributed by atoms with Gasteiger partial charge in [0.2, 0.25) is 10.0 Å². The van der Waals surface area contributed by atoms with Crippen molar-refractivity contribution >= 4 is 27.5 Å². The number of rotatable bonds is 7. The molecule has 3 rings (SSSR count). The quantitative estimate of drug-likeness (QED) is 0.543. The van der Waals surface area contributed by atoms with E-state index in [1.807, 2.05) is 60.7 Å². The molecule has 1 amide bonds. The molecule has 0 aliphatic carbocycles. The van der Waals surface area contributed by atoms with Gasteiger partial charge in [0, 0.05) is 27.2 Å². The topological polar surface area (TPSA) is 57.7 Å². The predicted molar refractivity (Wildman–Crippen MR) is 119 cm³/mol. The molecule has 156 valence electrons. The van der Waals surface area contributed by atoms with Crippen molar-refractivity contribution in [3.05, 3.63) is 101 Å². The fourth-order valence-corrected chi connectivity index (χ4v) is 4.45. The van der Waals surface area contributed by atoms with E-state index in [2.05, 4.69) is 0 Å². The van der Waals surface area contributed by atoms with Crippen molar-refractivity contribution in [3.63, 3.8) is 0 Å². The molecule has 0 saturated carbocycles. The van der Waals surface area contributed by atoms with Crippen molar-refractivity contribution in [2.24, 2.45) is 0 Å². The van der Waals surface area contributed by atoms with Gasteiger partial charge in [0.25, 0.3) is 5.91 Å². The molecule has 3 aromatic rings. The molecule has 0 radical (unpaired) electrons. The van der Waals surface area contributed by atoms with Crippen LogP contribution in [-0.2, 0) is 23.1 Å². The van der Waals surface area contributed by atoms with E-state index in [1.165, 1.54) is 34.5 Å². The molecule has 0 fully saturated rings. The summed E-state index contributed by atoms with van der Waals surface area (Å²) in [5, 5.41) is 0.213. The number of benzene rings is 3. The van der Waals surface area contributed by atoms with E-state index >= 15 is 0 Å². The minimum Gasteiger partial charge on any atom is -0.337 e. The zero-order valence-electron chi connectivity index (χ0n) is 16.8. The van der Waals surface area contributed by atoms with Gasteiger partial charge in [-0.3, -0.25) is 4.79 Å². The predicted octanol–water partition coefficient (Wildman–Crippen LogP) is 4.43. The van der Waals surface area contributed by atoms with E-state index in [4.69, 9.17) is 11.6 Å². The second kappa shape index (κ2) is 9.43. The summed E-state index contributed by atoms with van der Waals surface area (Å²) in [6.07, 6.45) is 0. The number of sulfonamides is 1. The van der Waals surface area contributed by atoms with Gasteiger partial charge in [0.15, 0.2) is 0 Å². The number of nitrogens with zero attached hydrogens (tertiary/aromatic N) is 2. The third kappa shape index (κ3) is 5.08. The molecule has 0 heterocycles. The normalized spacial score (nSPS) is 11.5. The van der Waals surface area contributed by atoms with E-state index < -0.39 is 10.0 Å². The summed E-state index contributed by atoms with van der Waals surface area (Å²) in [5.41, 5.74) is 2.00. The van der Waals surface area contributed by atoms with E-state index in [0.717, 1.165) is 11.1 Å². The van der Waals surface area contributed by atoms with Gasteiger partial charge in [-0.25, -0.2) is 8.42 Å². The zero-order valence-corrected chi connectivity index (χ0v) is 18.4. The lowest BCUT2D eigenvalue weighted by Gasteiger charge is -2.20. The molecular weight excluding hydrogens is 420 g/mol. The Morgan fingerprint density at radius 1 is 0.833 bits per heavy atom. The zero-order chi connectivity index (χ0) is 21.7. The average Bonchev–Trinajstić information content (AvgIpc) is 2.74. The van der Waals surface area contributed by atoms with E-state index in [-0.39, 0.29) is 27.9 Å². The van der Waals surface area contributed by atoms with Crippen LogP contribution >= 0.6 is 11.6 Å². The van der Waals surface area contributed by atoms with Gasteiger partial charge in [-0.1, -0.05) is 72.3 Å². The minimum absolute atomic E-state index is 0.0294. The van der Waals surface area contributed by atoms with Crippen molar-refractivity contribution < 1.29 is 13.2 Å². The van der Waals surface area contributed by atoms with Crippen molar-refractivity contribution in [3.8, 4) is 0 Å². The average molecular weight is 443 g/mol. The molecule has 0 aromatic heterocycles. The van der Waals surface area contributed by atoms with Crippen LogP contribution in [0.3, 0.4) is 0 Å². The van der Waals surface area contributed by atoms with Crippen LogP contribution in [-0.4, -0.2) is 37.6 Å². The Morgan fingerprint density at radius 2 is 1.37 bits per heavy atom. The van der Waals surface area contributed by atoms with Crippen LogP contribution in [0.1, 0.15) is 21.5 Å². The van der Waals surface area contributed by atoms with Crippen LogP contribution < -0.4 is 0 Å². The maximum atomic E-state index is 13.0. The van der Waals surface area contributed by atoms with Gasteiger partial charge in [0.05, 0.1) is 15.5 Å². The Balaban J connectivity index is 1.84. The van der Waals surface area contributed by atoms with Crippen LogP contribution in [0, 0.1) is 0 Å². The van der Waals surface area contributed by atoms with Crippen LogP contribution in [0.15, 0.2) is 83.8 Å². The standard InChI is InChI=1S/C23H23ClN2O3S/c1-25(16-18-9-5-3-6-10-18)23(27)21-15-20(13-14-22(21)24)30(28,29)26(2)17-19-11-7-4-8-12-19/h3-15H,16-17H2,1-2H3. The van der Waals surface area contributed by atoms with Crippen molar-refractivity contribution in [2.75, 3.05) is 14.1 Å². The Bertz CT molecular complexity index is 1120. The summed E-state index contributed by atoms with van der Waals surface area (Å²) in [6.45, 7) is 0.615. The van der Waals surface area contributed by atoms with Crippen LogP contribution in [0.25, 0.3) is 0 Å². The molecule has 7 heteroatoms. The highest BCUT2D eigenvalue weighted by Crippen LogP contribution is 2.25. The second-order valence-corrected chi connectivity index (χ2v) is 9.49. The van der Waals surface area contributed by atoms with E-state index in [9.17, 15) is 13.2 Å². The van der Waals surface area contributed by atoms with E-state index in [0.29, 0.717) is 6.54 Å². The molecule has 0 atom stereocenters. The summed E-state index contributed by atoms with van der Waals surface area (Å²) < 4.78 is 27.3. The second-order valence-electron chi connectivity index (χ2n) is 7.04. The lowest BCUT2D eigenvalue weighted by Crippen LogP contribution is -2.28. The number of hydrogen-bond acceptors (Lipinski definition) is 3. The highest BCUT2D eigenvalue weighted by atomic mass is 35.5. The van der Waals surface area contributed by atoms with Crippen molar-refractivity contribution in [1.82, 2.24) is 9.21 Å². The molecule has 0 aliphatic heterocycles. The summed E-state index contributed by atoms with van der Waals surface area (Å²) >= 11 is 6.24. The molecule has 0 N–H and O–H groups in total. The van der Waals surface area contributed by atoms with Crippen LogP contribution in [0.5, 0.6) is 0 Å². The highest BCUT2D eigenvalue weighted by molar-refractivity contribution is 7.89. The first-order chi connectivity index (χ1) is 14.3. The number of carbonyl (C=O) groups excluding carboxylic acids is 1. The maximum Gasteiger partial charge on any atom is 0.255 e. The highest BCUT2D eigenvalue weighted by Gasteiger charge is 2.24. The molecule has 0 bridgehead atoms. The summed E-state index contributed by atoms with van der Waals surface area (Å²) in [6, 6.07) is 23.1. The molecule has 0 saturated heterocycles. The van der Waals surface area contributed by atoms with E-state index in [1.54, 1.807) is 7.05 Å². The smallest absolute Gasteiger partial charge is 0.255 e. The molecule has 3 aromatic carbocycles. The summed E-state index contributed by atoms with van der Waals surface area (Å²) in [7, 11) is -0.616. The van der Waals surface area contributed by atoms with Gasteiger partial charge in [0.1, 0.15) is 0 Å². The Labute approximate surface area is 182 Å². The maximum absolute atomic E-state index is 13.0. The Hall–Kier alpha value is -2.67.